The molecule has 7 heteroatoms. The molecule has 2 aromatic rings. The number of hydrogen-bond acceptors (Lipinski definition) is 5. The van der Waals surface area contributed by atoms with E-state index in [2.05, 4.69) is 25.8 Å². The number of hydrogen-bond donors (Lipinski definition) is 1. The van der Waals surface area contributed by atoms with Crippen LogP contribution in [0.2, 0.25) is 0 Å². The molecule has 184 valence electrons. The number of nitrogens with one attached hydrogen (secondary N) is 1. The highest BCUT2D eigenvalue weighted by atomic mass is 28.4. The largest absolute Gasteiger partial charge is 0.444 e. The molecule has 1 saturated carbocycles. The first-order valence-corrected chi connectivity index (χ1v) is 13.9. The third-order valence-electron chi connectivity index (χ3n) is 5.95. The number of ether oxygens (including phenoxy) is 1. The molecule has 34 heavy (non-hydrogen) atoms. The standard InChI is InChI=1S/C27H37NO5Si/c1-26(2,3)21-16-18-23(19-17-21)34(22-14-8-7-9-15-22,28-25(30)31-27(4,5)6)33-32-24(29)20-12-10-11-13-20/h7-9,14-20H,10-13H2,1-6H3,(H,28,30). The van der Waals surface area contributed by atoms with Crippen LogP contribution in [0.15, 0.2) is 54.6 Å². The Morgan fingerprint density at radius 3 is 1.94 bits per heavy atom. The molecular formula is C27H37NO5Si. The summed E-state index contributed by atoms with van der Waals surface area (Å²) >= 11 is 0. The van der Waals surface area contributed by atoms with Crippen molar-refractivity contribution < 1.29 is 23.8 Å². The molecule has 6 nitrogen and oxygen atoms in total. The Bertz CT molecular complexity index is 973. The van der Waals surface area contributed by atoms with E-state index in [0.29, 0.717) is 0 Å². The molecule has 0 spiro atoms. The molecule has 1 aliphatic carbocycles. The maximum Gasteiger partial charge on any atom is 0.422 e. The summed E-state index contributed by atoms with van der Waals surface area (Å²) in [4.78, 5) is 34.3. The molecule has 1 fully saturated rings. The summed E-state index contributed by atoms with van der Waals surface area (Å²) in [5, 5.41) is 1.49. The Hall–Kier alpha value is -2.64. The maximum absolute atomic E-state index is 13.0. The summed E-state index contributed by atoms with van der Waals surface area (Å²) < 4.78 is 11.6. The molecule has 1 unspecified atom stereocenters. The first-order valence-electron chi connectivity index (χ1n) is 12.0. The second kappa shape index (κ2) is 10.3. The lowest BCUT2D eigenvalue weighted by atomic mass is 9.87. The van der Waals surface area contributed by atoms with Crippen LogP contribution in [-0.2, 0) is 24.4 Å². The third-order valence-corrected chi connectivity index (χ3v) is 9.13. The minimum Gasteiger partial charge on any atom is -0.444 e. The van der Waals surface area contributed by atoms with Gasteiger partial charge in [0.05, 0.1) is 5.92 Å². The molecular weight excluding hydrogens is 446 g/mol. The number of amides is 1. The van der Waals surface area contributed by atoms with Gasteiger partial charge in [-0.25, -0.2) is 9.59 Å². The van der Waals surface area contributed by atoms with Gasteiger partial charge in [0.15, 0.2) is 0 Å². The van der Waals surface area contributed by atoms with E-state index in [4.69, 9.17) is 14.2 Å². The number of rotatable bonds is 6. The maximum atomic E-state index is 13.0. The normalized spacial score (nSPS) is 16.5. The minimum absolute atomic E-state index is 0.0378. The predicted octanol–water partition coefficient (Wildman–Crippen LogP) is 4.73. The van der Waals surface area contributed by atoms with Crippen molar-refractivity contribution in [2.24, 2.45) is 5.92 Å². The van der Waals surface area contributed by atoms with Gasteiger partial charge < -0.3 is 14.6 Å². The number of benzene rings is 2. The Labute approximate surface area is 204 Å². The lowest BCUT2D eigenvalue weighted by molar-refractivity contribution is -0.224. The van der Waals surface area contributed by atoms with Gasteiger partial charge in [-0.3, -0.25) is 0 Å². The molecule has 1 N–H and O–H groups in total. The van der Waals surface area contributed by atoms with Crippen LogP contribution < -0.4 is 15.4 Å². The van der Waals surface area contributed by atoms with E-state index < -0.39 is 20.2 Å². The quantitative estimate of drug-likeness (QED) is 0.365. The Morgan fingerprint density at radius 1 is 0.853 bits per heavy atom. The Balaban J connectivity index is 2.05. The lowest BCUT2D eigenvalue weighted by Gasteiger charge is -2.32. The van der Waals surface area contributed by atoms with Crippen molar-refractivity contribution in [3.63, 3.8) is 0 Å². The molecule has 2 aromatic carbocycles. The van der Waals surface area contributed by atoms with Crippen LogP contribution in [-0.4, -0.2) is 26.1 Å². The molecule has 0 radical (unpaired) electrons. The zero-order valence-electron chi connectivity index (χ0n) is 21.1. The van der Waals surface area contributed by atoms with Crippen molar-refractivity contribution in [3.05, 3.63) is 60.2 Å². The second-order valence-electron chi connectivity index (χ2n) is 11.0. The van der Waals surface area contributed by atoms with Crippen molar-refractivity contribution in [1.82, 2.24) is 4.98 Å². The van der Waals surface area contributed by atoms with Crippen LogP contribution in [0.25, 0.3) is 0 Å². The van der Waals surface area contributed by atoms with Crippen molar-refractivity contribution >= 4 is 30.9 Å². The minimum atomic E-state index is -3.57. The number of carbonyl (C=O) groups is 2. The van der Waals surface area contributed by atoms with Crippen LogP contribution >= 0.6 is 0 Å². The summed E-state index contributed by atoms with van der Waals surface area (Å²) in [5.41, 5.74) is 0.411. The van der Waals surface area contributed by atoms with E-state index in [0.717, 1.165) is 41.6 Å². The first kappa shape index (κ1) is 26.0. The Morgan fingerprint density at radius 2 is 1.41 bits per heavy atom. The topological polar surface area (TPSA) is 73.9 Å². The second-order valence-corrected chi connectivity index (χ2v) is 13.9. The molecule has 0 aliphatic heterocycles. The summed E-state index contributed by atoms with van der Waals surface area (Å²) in [6, 6.07) is 17.3. The molecule has 1 atom stereocenters. The SMILES string of the molecule is CC(C)(C)OC(=O)N[Si](OOC(=O)C1CCCC1)(c1ccccc1)c1ccc(C(C)(C)C)cc1. The van der Waals surface area contributed by atoms with Crippen molar-refractivity contribution in [3.8, 4) is 0 Å². The lowest BCUT2D eigenvalue weighted by Crippen LogP contribution is -2.72. The van der Waals surface area contributed by atoms with Gasteiger partial charge in [-0.1, -0.05) is 88.2 Å². The highest BCUT2D eigenvalue weighted by Gasteiger charge is 2.47. The highest BCUT2D eigenvalue weighted by Crippen LogP contribution is 2.26. The fourth-order valence-electron chi connectivity index (χ4n) is 4.09. The molecule has 1 amide bonds. The van der Waals surface area contributed by atoms with Gasteiger partial charge in [0.2, 0.25) is 0 Å². The zero-order chi connectivity index (χ0) is 25.0. The van der Waals surface area contributed by atoms with Crippen LogP contribution in [0.5, 0.6) is 0 Å². The summed E-state index contributed by atoms with van der Waals surface area (Å²) in [5.74, 6) is -0.560. The van der Waals surface area contributed by atoms with Crippen LogP contribution in [0, 0.1) is 5.92 Å². The fourth-order valence-corrected chi connectivity index (χ4v) is 6.79. The monoisotopic (exact) mass is 483 g/mol. The van der Waals surface area contributed by atoms with E-state index in [1.165, 1.54) is 0 Å². The molecule has 0 heterocycles. The summed E-state index contributed by atoms with van der Waals surface area (Å²) in [6.45, 7) is 11.8. The van der Waals surface area contributed by atoms with Crippen LogP contribution in [0.1, 0.15) is 72.8 Å². The van der Waals surface area contributed by atoms with Gasteiger partial charge in [0, 0.05) is 0 Å². The van der Waals surface area contributed by atoms with Crippen LogP contribution in [0.4, 0.5) is 4.79 Å². The van der Waals surface area contributed by atoms with E-state index in [-0.39, 0.29) is 17.3 Å². The van der Waals surface area contributed by atoms with Gasteiger partial charge in [-0.15, -0.1) is 0 Å². The van der Waals surface area contributed by atoms with Gasteiger partial charge >= 0.3 is 20.5 Å². The van der Waals surface area contributed by atoms with E-state index in [9.17, 15) is 9.59 Å². The third kappa shape index (κ3) is 6.48. The summed E-state index contributed by atoms with van der Waals surface area (Å²) in [7, 11) is -3.57. The van der Waals surface area contributed by atoms with Gasteiger partial charge in [0.1, 0.15) is 5.60 Å². The zero-order valence-corrected chi connectivity index (χ0v) is 22.1. The van der Waals surface area contributed by atoms with Gasteiger partial charge in [-0.05, 0) is 55.0 Å². The van der Waals surface area contributed by atoms with E-state index >= 15 is 0 Å². The van der Waals surface area contributed by atoms with Crippen LogP contribution in [0.3, 0.4) is 0 Å². The molecule has 0 saturated heterocycles. The Kier molecular flexibility index (Phi) is 7.88. The van der Waals surface area contributed by atoms with Crippen molar-refractivity contribution in [2.75, 3.05) is 0 Å². The fraction of sp³-hybridized carbons (Fsp3) is 0.481. The summed E-state index contributed by atoms with van der Waals surface area (Å²) in [6.07, 6.45) is 2.97. The van der Waals surface area contributed by atoms with Gasteiger partial charge in [0.25, 0.3) is 0 Å². The molecule has 3 rings (SSSR count). The van der Waals surface area contributed by atoms with Crippen molar-refractivity contribution in [2.45, 2.75) is 78.2 Å². The predicted molar refractivity (Wildman–Crippen MR) is 135 cm³/mol. The van der Waals surface area contributed by atoms with Crippen molar-refractivity contribution in [1.29, 1.82) is 0 Å². The van der Waals surface area contributed by atoms with E-state index in [1.807, 2.05) is 54.6 Å². The number of carbonyl (C=O) groups excluding carboxylic acids is 2. The van der Waals surface area contributed by atoms with Gasteiger partial charge in [-0.2, -0.15) is 4.58 Å². The molecule has 1 aliphatic rings. The average molecular weight is 484 g/mol. The highest BCUT2D eigenvalue weighted by molar-refractivity contribution is 6.96. The first-order chi connectivity index (χ1) is 15.9. The molecule has 0 aromatic heterocycles. The van der Waals surface area contributed by atoms with E-state index in [1.54, 1.807) is 20.8 Å². The average Bonchev–Trinajstić information content (AvgIpc) is 3.30. The molecule has 0 bridgehead atoms. The smallest absolute Gasteiger partial charge is 0.422 e.